The fourth-order valence-electron chi connectivity index (χ4n) is 1.22. The Morgan fingerprint density at radius 2 is 2.32 bits per heavy atom. The van der Waals surface area contributed by atoms with Crippen molar-refractivity contribution in [2.24, 2.45) is 0 Å². The number of rotatable bonds is 6. The lowest BCUT2D eigenvalue weighted by molar-refractivity contribution is -0.142. The predicted molar refractivity (Wildman–Crippen MR) is 78.0 cm³/mol. The summed E-state index contributed by atoms with van der Waals surface area (Å²) in [6.07, 6.45) is 0. The van der Waals surface area contributed by atoms with Crippen LogP contribution in [0.5, 0.6) is 0 Å². The quantitative estimate of drug-likeness (QED) is 0.465. The number of esters is 1. The molecule has 0 radical (unpaired) electrons. The Balaban J connectivity index is 2.76. The number of anilines is 1. The maximum Gasteiger partial charge on any atom is 0.323 e. The molecule has 0 fully saturated rings. The van der Waals surface area contributed by atoms with Crippen molar-refractivity contribution in [2.75, 3.05) is 12.1 Å². The van der Waals surface area contributed by atoms with Crippen LogP contribution >= 0.6 is 28.1 Å². The van der Waals surface area contributed by atoms with Gasteiger partial charge in [0.1, 0.15) is 11.9 Å². The van der Waals surface area contributed by atoms with Crippen LogP contribution in [-0.2, 0) is 9.53 Å². The molecule has 0 aliphatic heterocycles. The highest BCUT2D eigenvalue weighted by atomic mass is 79.9. The Bertz CT molecular complexity index is 475. The highest BCUT2D eigenvalue weighted by Crippen LogP contribution is 2.25. The first kappa shape index (κ1) is 16.0. The van der Waals surface area contributed by atoms with Crippen molar-refractivity contribution in [3.63, 3.8) is 0 Å². The van der Waals surface area contributed by atoms with Gasteiger partial charge in [0.15, 0.2) is 0 Å². The molecule has 0 saturated carbocycles. The van der Waals surface area contributed by atoms with E-state index in [1.807, 2.05) is 0 Å². The van der Waals surface area contributed by atoms with Gasteiger partial charge in [-0.15, -0.1) is 0 Å². The van der Waals surface area contributed by atoms with Gasteiger partial charge in [0.05, 0.1) is 18.3 Å². The van der Waals surface area contributed by atoms with Crippen molar-refractivity contribution in [1.82, 2.24) is 11.0 Å². The second-order valence-electron chi connectivity index (χ2n) is 3.57. The third kappa shape index (κ3) is 4.50. The third-order valence-corrected chi connectivity index (χ3v) is 3.11. The van der Waals surface area contributed by atoms with Gasteiger partial charge in [-0.05, 0) is 35.0 Å². The van der Waals surface area contributed by atoms with E-state index in [2.05, 4.69) is 31.6 Å². The van der Waals surface area contributed by atoms with Crippen LogP contribution in [0, 0.1) is 5.82 Å². The molecule has 0 heterocycles. The van der Waals surface area contributed by atoms with Gasteiger partial charge < -0.3 is 4.74 Å². The monoisotopic (exact) mass is 349 g/mol. The van der Waals surface area contributed by atoms with Gasteiger partial charge in [0, 0.05) is 10.5 Å². The minimum atomic E-state index is -0.588. The van der Waals surface area contributed by atoms with Crippen LogP contribution in [0.25, 0.3) is 0 Å². The summed E-state index contributed by atoms with van der Waals surface area (Å²) in [6, 6.07) is 3.58. The van der Waals surface area contributed by atoms with E-state index in [0.717, 1.165) is 0 Å². The predicted octanol–water partition coefficient (Wildman–Crippen LogP) is 1.92. The largest absolute Gasteiger partial charge is 0.468 e. The molecule has 1 atom stereocenters. The number of halogens is 2. The molecule has 0 aromatic heterocycles. The van der Waals surface area contributed by atoms with Crippen molar-refractivity contribution in [3.8, 4) is 0 Å². The minimum Gasteiger partial charge on any atom is -0.468 e. The van der Waals surface area contributed by atoms with Crippen LogP contribution in [0.4, 0.5) is 10.1 Å². The van der Waals surface area contributed by atoms with Crippen LogP contribution in [0.15, 0.2) is 22.7 Å². The third-order valence-electron chi connectivity index (χ3n) is 2.23. The van der Waals surface area contributed by atoms with E-state index < -0.39 is 17.8 Å². The maximum atomic E-state index is 13.2. The van der Waals surface area contributed by atoms with Crippen LogP contribution in [0.2, 0.25) is 0 Å². The molecule has 104 valence electrons. The summed E-state index contributed by atoms with van der Waals surface area (Å²) < 4.78 is 18.4. The average Bonchev–Trinajstić information content (AvgIpc) is 2.41. The summed E-state index contributed by atoms with van der Waals surface area (Å²) in [6.45, 7) is 1.61. The van der Waals surface area contributed by atoms with Crippen molar-refractivity contribution in [1.29, 1.82) is 0 Å². The lowest BCUT2D eigenvalue weighted by Crippen LogP contribution is -2.52. The molecule has 0 bridgehead atoms. The summed E-state index contributed by atoms with van der Waals surface area (Å²) in [5.74, 6) is -0.835. The first-order valence-electron chi connectivity index (χ1n) is 5.28. The molecule has 1 rings (SSSR count). The van der Waals surface area contributed by atoms with Crippen molar-refractivity contribution in [3.05, 3.63) is 28.5 Å². The molecule has 1 unspecified atom stereocenters. The lowest BCUT2D eigenvalue weighted by Gasteiger charge is -2.23. The first-order chi connectivity index (χ1) is 8.99. The van der Waals surface area contributed by atoms with Crippen molar-refractivity contribution >= 4 is 45.3 Å². The molecule has 2 N–H and O–H groups in total. The number of carbonyl (C=O) groups excluding carboxylic acids is 1. The second kappa shape index (κ2) is 7.49. The number of thiocarbonyl (C=S) groups is 1. The Kier molecular flexibility index (Phi) is 6.29. The minimum absolute atomic E-state index is 0.400. The summed E-state index contributed by atoms with van der Waals surface area (Å²) >= 11 is 8.13. The van der Waals surface area contributed by atoms with Gasteiger partial charge in [-0.3, -0.25) is 9.80 Å². The number of hydrogen-bond acceptors (Lipinski definition) is 5. The summed E-state index contributed by atoms with van der Waals surface area (Å²) in [4.78, 5) is 11.2. The second-order valence-corrected chi connectivity index (χ2v) is 4.64. The van der Waals surface area contributed by atoms with Crippen LogP contribution in [0.1, 0.15) is 6.92 Å². The lowest BCUT2D eigenvalue weighted by atomic mass is 10.3. The maximum absolute atomic E-state index is 13.2. The number of nitrogens with one attached hydrogen (secondary N) is 2. The fraction of sp³-hybridized carbons (Fsp3) is 0.273. The molecule has 1 aromatic rings. The van der Waals surface area contributed by atoms with E-state index in [0.29, 0.717) is 10.2 Å². The molecule has 19 heavy (non-hydrogen) atoms. The van der Waals surface area contributed by atoms with E-state index in [1.54, 1.807) is 13.0 Å². The molecule has 0 spiro atoms. The number of ether oxygens (including phenoxy) is 1. The smallest absolute Gasteiger partial charge is 0.323 e. The van der Waals surface area contributed by atoms with Crippen LogP contribution in [0.3, 0.4) is 0 Å². The van der Waals surface area contributed by atoms with Crippen molar-refractivity contribution < 1.29 is 13.9 Å². The molecule has 5 nitrogen and oxygen atoms in total. The SMILES string of the molecule is COC(=O)C(C)NNN(C=S)c1cc(F)ccc1Br. The van der Waals surface area contributed by atoms with Gasteiger partial charge in [-0.25, -0.2) is 9.82 Å². The molecule has 0 amide bonds. The molecule has 1 aromatic carbocycles. The van der Waals surface area contributed by atoms with E-state index >= 15 is 0 Å². The molecule has 8 heteroatoms. The zero-order valence-corrected chi connectivity index (χ0v) is 12.7. The Labute approximate surface area is 124 Å². The molecular formula is C11H13BrFN3O2S. The Morgan fingerprint density at radius 3 is 2.89 bits per heavy atom. The summed E-state index contributed by atoms with van der Waals surface area (Å²) in [7, 11) is 1.29. The number of benzene rings is 1. The zero-order valence-electron chi connectivity index (χ0n) is 10.3. The zero-order chi connectivity index (χ0) is 14.4. The van der Waals surface area contributed by atoms with Crippen LogP contribution in [-0.4, -0.2) is 24.6 Å². The summed E-state index contributed by atoms with van der Waals surface area (Å²) in [5, 5.41) is 1.36. The van der Waals surface area contributed by atoms with E-state index in [4.69, 9.17) is 12.2 Å². The number of hydrogen-bond donors (Lipinski definition) is 2. The number of carbonyl (C=O) groups is 1. The topological polar surface area (TPSA) is 53.6 Å². The number of nitrogens with zero attached hydrogens (tertiary/aromatic N) is 1. The number of methoxy groups -OCH3 is 1. The van der Waals surface area contributed by atoms with Crippen molar-refractivity contribution in [2.45, 2.75) is 13.0 Å². The molecular weight excluding hydrogens is 337 g/mol. The van der Waals surface area contributed by atoms with Gasteiger partial charge in [-0.2, -0.15) is 5.53 Å². The number of hydrazine groups is 2. The van der Waals surface area contributed by atoms with Gasteiger partial charge in [-0.1, -0.05) is 12.2 Å². The van der Waals surface area contributed by atoms with E-state index in [9.17, 15) is 9.18 Å². The van der Waals surface area contributed by atoms with Gasteiger partial charge in [0.25, 0.3) is 0 Å². The first-order valence-corrected chi connectivity index (χ1v) is 6.54. The normalized spacial score (nSPS) is 11.8. The van der Waals surface area contributed by atoms with Gasteiger partial charge >= 0.3 is 5.97 Å². The summed E-state index contributed by atoms with van der Waals surface area (Å²) in [5.41, 5.74) is 7.13. The fourth-order valence-corrected chi connectivity index (χ4v) is 1.82. The highest BCUT2D eigenvalue weighted by Gasteiger charge is 2.14. The standard InChI is InChI=1S/C11H13BrFN3O2S/c1-7(11(17)18-2)14-15-16(6-19)10-5-8(13)3-4-9(10)12/h3-7,14-15H,1-2H3. The molecule has 0 aliphatic carbocycles. The van der Waals surface area contributed by atoms with Gasteiger partial charge in [0.2, 0.25) is 0 Å². The highest BCUT2D eigenvalue weighted by molar-refractivity contribution is 9.10. The van der Waals surface area contributed by atoms with E-state index in [1.165, 1.54) is 29.7 Å². The average molecular weight is 350 g/mol. The van der Waals surface area contributed by atoms with Crippen LogP contribution < -0.4 is 16.0 Å². The van der Waals surface area contributed by atoms with E-state index in [-0.39, 0.29) is 0 Å². The molecule has 0 saturated heterocycles. The Hall–Kier alpha value is -1.09. The Morgan fingerprint density at radius 1 is 1.63 bits per heavy atom. The molecule has 0 aliphatic rings.